The van der Waals surface area contributed by atoms with E-state index in [4.69, 9.17) is 9.84 Å². The van der Waals surface area contributed by atoms with E-state index in [2.05, 4.69) is 26.1 Å². The van der Waals surface area contributed by atoms with E-state index in [1.807, 2.05) is 31.4 Å². The second-order valence-corrected chi connectivity index (χ2v) is 7.76. The van der Waals surface area contributed by atoms with Crippen molar-refractivity contribution in [2.24, 2.45) is 0 Å². The third kappa shape index (κ3) is 6.43. The van der Waals surface area contributed by atoms with Gasteiger partial charge in [0.1, 0.15) is 11.8 Å². The van der Waals surface area contributed by atoms with Crippen LogP contribution < -0.4 is 10.1 Å². The molecule has 0 aliphatic rings. The number of carbonyl (C=O) groups is 2. The van der Waals surface area contributed by atoms with Crippen LogP contribution >= 0.6 is 11.8 Å². The van der Waals surface area contributed by atoms with Gasteiger partial charge in [0.25, 0.3) is 5.91 Å². The van der Waals surface area contributed by atoms with Crippen LogP contribution in [0.1, 0.15) is 38.3 Å². The maximum atomic E-state index is 12.0. The van der Waals surface area contributed by atoms with Crippen LogP contribution in [-0.4, -0.2) is 41.6 Å². The summed E-state index contributed by atoms with van der Waals surface area (Å²) in [4.78, 5) is 23.2. The van der Waals surface area contributed by atoms with Crippen molar-refractivity contribution in [3.63, 3.8) is 0 Å². The SMILES string of the molecule is CSCCC(NC(=O)COc1ccc(C)cc1C(C)(C)C)C(=O)O. The van der Waals surface area contributed by atoms with E-state index in [1.54, 1.807) is 11.8 Å². The number of rotatable bonds is 8. The molecule has 1 aromatic carbocycles. The summed E-state index contributed by atoms with van der Waals surface area (Å²) in [6.45, 7) is 8.05. The van der Waals surface area contributed by atoms with Gasteiger partial charge in [0.05, 0.1) is 0 Å². The number of aliphatic carboxylic acids is 1. The van der Waals surface area contributed by atoms with Crippen LogP contribution in [0.5, 0.6) is 5.75 Å². The lowest BCUT2D eigenvalue weighted by molar-refractivity contribution is -0.142. The molecule has 0 aliphatic carbocycles. The van der Waals surface area contributed by atoms with Crippen LogP contribution in [0, 0.1) is 6.92 Å². The quantitative estimate of drug-likeness (QED) is 0.751. The average molecular weight is 353 g/mol. The third-order valence-corrected chi connectivity index (χ3v) is 4.19. The van der Waals surface area contributed by atoms with Crippen molar-refractivity contribution < 1.29 is 19.4 Å². The lowest BCUT2D eigenvalue weighted by Crippen LogP contribution is -2.43. The highest BCUT2D eigenvalue weighted by Gasteiger charge is 2.22. The number of nitrogens with one attached hydrogen (secondary N) is 1. The molecule has 1 aromatic rings. The molecule has 0 saturated heterocycles. The number of carbonyl (C=O) groups excluding carboxylic acids is 1. The number of carboxylic acid groups (broad SMARTS) is 1. The molecule has 0 saturated carbocycles. The van der Waals surface area contributed by atoms with Gasteiger partial charge < -0.3 is 15.2 Å². The van der Waals surface area contributed by atoms with Gasteiger partial charge in [0.15, 0.2) is 6.61 Å². The van der Waals surface area contributed by atoms with Crippen molar-refractivity contribution in [3.8, 4) is 5.75 Å². The van der Waals surface area contributed by atoms with Gasteiger partial charge in [0.2, 0.25) is 0 Å². The molecule has 1 rings (SSSR count). The van der Waals surface area contributed by atoms with Crippen molar-refractivity contribution in [3.05, 3.63) is 29.3 Å². The van der Waals surface area contributed by atoms with E-state index < -0.39 is 17.9 Å². The fraction of sp³-hybridized carbons (Fsp3) is 0.556. The minimum Gasteiger partial charge on any atom is -0.483 e. The summed E-state index contributed by atoms with van der Waals surface area (Å²) >= 11 is 1.54. The summed E-state index contributed by atoms with van der Waals surface area (Å²) in [5.74, 6) is -0.129. The number of carboxylic acids is 1. The molecule has 0 aliphatic heterocycles. The summed E-state index contributed by atoms with van der Waals surface area (Å²) in [6.07, 6.45) is 2.29. The Bertz CT molecular complexity index is 581. The lowest BCUT2D eigenvalue weighted by Gasteiger charge is -2.23. The fourth-order valence-corrected chi connectivity index (χ4v) is 2.70. The van der Waals surface area contributed by atoms with Gasteiger partial charge in [0, 0.05) is 0 Å². The first-order valence-corrected chi connectivity index (χ1v) is 9.29. The number of benzene rings is 1. The van der Waals surface area contributed by atoms with E-state index in [0.29, 0.717) is 17.9 Å². The van der Waals surface area contributed by atoms with Crippen LogP contribution in [0.4, 0.5) is 0 Å². The molecule has 24 heavy (non-hydrogen) atoms. The highest BCUT2D eigenvalue weighted by Crippen LogP contribution is 2.32. The number of aryl methyl sites for hydroxylation is 1. The molecule has 0 heterocycles. The standard InChI is InChI=1S/C18H27NO4S/c1-12-6-7-15(13(10-12)18(2,3)4)23-11-16(20)19-14(17(21)22)8-9-24-5/h6-7,10,14H,8-9,11H2,1-5H3,(H,19,20)(H,21,22). The lowest BCUT2D eigenvalue weighted by atomic mass is 9.85. The zero-order chi connectivity index (χ0) is 18.3. The summed E-state index contributed by atoms with van der Waals surface area (Å²) in [5, 5.41) is 11.7. The predicted octanol–water partition coefficient (Wildman–Crippen LogP) is 2.99. The minimum atomic E-state index is -1.02. The van der Waals surface area contributed by atoms with E-state index in [9.17, 15) is 9.59 Å². The molecule has 134 valence electrons. The first kappa shape index (κ1) is 20.4. The van der Waals surface area contributed by atoms with Gasteiger partial charge >= 0.3 is 5.97 Å². The number of hydrogen-bond acceptors (Lipinski definition) is 4. The highest BCUT2D eigenvalue weighted by molar-refractivity contribution is 7.98. The van der Waals surface area contributed by atoms with E-state index in [1.165, 1.54) is 0 Å². The smallest absolute Gasteiger partial charge is 0.326 e. The fourth-order valence-electron chi connectivity index (χ4n) is 2.23. The van der Waals surface area contributed by atoms with Crippen molar-refractivity contribution in [2.45, 2.75) is 45.6 Å². The molecule has 0 aromatic heterocycles. The van der Waals surface area contributed by atoms with E-state index in [0.717, 1.165) is 11.1 Å². The Morgan fingerprint density at radius 3 is 2.54 bits per heavy atom. The van der Waals surface area contributed by atoms with Crippen molar-refractivity contribution in [2.75, 3.05) is 18.6 Å². The van der Waals surface area contributed by atoms with Crippen LogP contribution in [0.2, 0.25) is 0 Å². The summed E-state index contributed by atoms with van der Waals surface area (Å²) in [5.41, 5.74) is 2.03. The maximum Gasteiger partial charge on any atom is 0.326 e. The molecule has 1 amide bonds. The van der Waals surface area contributed by atoms with Gasteiger partial charge in [-0.25, -0.2) is 4.79 Å². The van der Waals surface area contributed by atoms with E-state index >= 15 is 0 Å². The van der Waals surface area contributed by atoms with Crippen LogP contribution in [0.25, 0.3) is 0 Å². The highest BCUT2D eigenvalue weighted by atomic mass is 32.2. The van der Waals surface area contributed by atoms with Gasteiger partial charge in [-0.3, -0.25) is 4.79 Å². The Hall–Kier alpha value is -1.69. The van der Waals surface area contributed by atoms with Crippen LogP contribution in [-0.2, 0) is 15.0 Å². The number of hydrogen-bond donors (Lipinski definition) is 2. The second kappa shape index (κ2) is 8.97. The number of amides is 1. The molecule has 5 nitrogen and oxygen atoms in total. The number of ether oxygens (including phenoxy) is 1. The molecule has 1 unspecified atom stereocenters. The minimum absolute atomic E-state index is 0.111. The molecule has 1 atom stereocenters. The molecular formula is C18H27NO4S. The molecule has 6 heteroatoms. The summed E-state index contributed by atoms with van der Waals surface area (Å²) in [7, 11) is 0. The first-order valence-electron chi connectivity index (χ1n) is 7.90. The molecule has 0 bridgehead atoms. The molecular weight excluding hydrogens is 326 g/mol. The van der Waals surface area contributed by atoms with Gasteiger partial charge in [-0.1, -0.05) is 38.5 Å². The summed E-state index contributed by atoms with van der Waals surface area (Å²) in [6, 6.07) is 4.95. The first-order chi connectivity index (χ1) is 11.1. The predicted molar refractivity (Wildman–Crippen MR) is 97.9 cm³/mol. The largest absolute Gasteiger partial charge is 0.483 e. The average Bonchev–Trinajstić information content (AvgIpc) is 2.48. The molecule has 0 radical (unpaired) electrons. The monoisotopic (exact) mass is 353 g/mol. The normalized spacial score (nSPS) is 12.5. The van der Waals surface area contributed by atoms with Crippen molar-refractivity contribution >= 4 is 23.6 Å². The van der Waals surface area contributed by atoms with Crippen molar-refractivity contribution in [1.82, 2.24) is 5.32 Å². The zero-order valence-corrected chi connectivity index (χ0v) is 15.8. The van der Waals surface area contributed by atoms with Gasteiger partial charge in [-0.05, 0) is 42.4 Å². The van der Waals surface area contributed by atoms with Gasteiger partial charge in [-0.2, -0.15) is 11.8 Å². The third-order valence-electron chi connectivity index (χ3n) is 3.55. The summed E-state index contributed by atoms with van der Waals surface area (Å²) < 4.78 is 5.66. The zero-order valence-electron chi connectivity index (χ0n) is 15.0. The number of thioether (sulfide) groups is 1. The Kier molecular flexibility index (Phi) is 7.60. The van der Waals surface area contributed by atoms with Crippen LogP contribution in [0.15, 0.2) is 18.2 Å². The Morgan fingerprint density at radius 1 is 1.33 bits per heavy atom. The van der Waals surface area contributed by atoms with Crippen molar-refractivity contribution in [1.29, 1.82) is 0 Å². The Balaban J connectivity index is 2.72. The van der Waals surface area contributed by atoms with Crippen LogP contribution in [0.3, 0.4) is 0 Å². The molecule has 0 fully saturated rings. The Morgan fingerprint density at radius 2 is 2.00 bits per heavy atom. The second-order valence-electron chi connectivity index (χ2n) is 6.78. The maximum absolute atomic E-state index is 12.0. The van der Waals surface area contributed by atoms with E-state index in [-0.39, 0.29) is 12.0 Å². The Labute approximate surface area is 148 Å². The molecule has 0 spiro atoms. The molecule has 2 N–H and O–H groups in total. The topological polar surface area (TPSA) is 75.6 Å². The van der Waals surface area contributed by atoms with Gasteiger partial charge in [-0.15, -0.1) is 0 Å².